The summed E-state index contributed by atoms with van der Waals surface area (Å²) in [6.07, 6.45) is 2.07. The number of hydrogen-bond acceptors (Lipinski definition) is 2. The summed E-state index contributed by atoms with van der Waals surface area (Å²) < 4.78 is 0. The lowest BCUT2D eigenvalue weighted by Gasteiger charge is -2.36. The van der Waals surface area contributed by atoms with E-state index in [-0.39, 0.29) is 17.9 Å². The van der Waals surface area contributed by atoms with Crippen LogP contribution in [0.2, 0.25) is 0 Å². The number of rotatable bonds is 1. The van der Waals surface area contributed by atoms with Gasteiger partial charge in [-0.05, 0) is 46.4 Å². The van der Waals surface area contributed by atoms with Gasteiger partial charge in [0.05, 0.1) is 5.56 Å². The van der Waals surface area contributed by atoms with Gasteiger partial charge in [0.1, 0.15) is 0 Å². The first-order chi connectivity index (χ1) is 13.6. The van der Waals surface area contributed by atoms with Crippen molar-refractivity contribution >= 4 is 33.4 Å². The third kappa shape index (κ3) is 2.75. The molecule has 3 heterocycles. The summed E-state index contributed by atoms with van der Waals surface area (Å²) in [4.78, 5) is 29.8. The van der Waals surface area contributed by atoms with Crippen molar-refractivity contribution in [3.05, 3.63) is 60.2 Å². The first-order valence-electron chi connectivity index (χ1n) is 10.1. The molecule has 4 heteroatoms. The minimum atomic E-state index is 0.105. The fraction of sp³-hybridized carbons (Fsp3) is 0.333. The molecule has 0 N–H and O–H groups in total. The zero-order valence-electron chi connectivity index (χ0n) is 16.1. The van der Waals surface area contributed by atoms with Crippen molar-refractivity contribution in [2.24, 2.45) is 5.92 Å². The molecule has 28 heavy (non-hydrogen) atoms. The molecule has 3 saturated heterocycles. The Hall–Kier alpha value is -2.88. The zero-order chi connectivity index (χ0) is 19.3. The van der Waals surface area contributed by atoms with Crippen molar-refractivity contribution in [2.45, 2.75) is 25.8 Å². The molecule has 2 bridgehead atoms. The van der Waals surface area contributed by atoms with Gasteiger partial charge in [-0.2, -0.15) is 0 Å². The Morgan fingerprint density at radius 1 is 0.857 bits per heavy atom. The summed E-state index contributed by atoms with van der Waals surface area (Å²) in [6, 6.07) is 18.5. The maximum Gasteiger partial charge on any atom is 0.255 e. The molecule has 0 spiro atoms. The maximum absolute atomic E-state index is 13.9. The topological polar surface area (TPSA) is 40.6 Å². The number of hydrogen-bond donors (Lipinski definition) is 0. The van der Waals surface area contributed by atoms with Crippen molar-refractivity contribution < 1.29 is 9.59 Å². The first kappa shape index (κ1) is 17.2. The highest BCUT2D eigenvalue weighted by Crippen LogP contribution is 2.34. The van der Waals surface area contributed by atoms with Gasteiger partial charge in [-0.25, -0.2) is 0 Å². The fourth-order valence-electron chi connectivity index (χ4n) is 4.98. The Bertz CT molecular complexity index is 1040. The highest BCUT2D eigenvalue weighted by Gasteiger charge is 2.38. The van der Waals surface area contributed by atoms with Crippen LogP contribution in [0.1, 0.15) is 30.1 Å². The molecule has 0 unspecified atom stereocenters. The SMILES string of the molecule is CC(=O)N1C[C@H]2CC[C@@H](C1)N(C(=O)c1c3ccccc3cc3ccccc13)C2. The van der Waals surface area contributed by atoms with Crippen molar-refractivity contribution in [3.8, 4) is 0 Å². The van der Waals surface area contributed by atoms with Gasteiger partial charge in [-0.1, -0.05) is 48.5 Å². The number of nitrogens with zero attached hydrogens (tertiary/aromatic N) is 2. The van der Waals surface area contributed by atoms with E-state index in [0.29, 0.717) is 12.5 Å². The number of benzene rings is 3. The van der Waals surface area contributed by atoms with E-state index in [2.05, 4.69) is 18.2 Å². The minimum Gasteiger partial charge on any atom is -0.341 e. The van der Waals surface area contributed by atoms with Crippen molar-refractivity contribution in [1.29, 1.82) is 0 Å². The molecule has 2 amide bonds. The van der Waals surface area contributed by atoms with Gasteiger partial charge in [0.15, 0.2) is 0 Å². The summed E-state index contributed by atoms with van der Waals surface area (Å²) in [5, 5.41) is 4.20. The highest BCUT2D eigenvalue weighted by atomic mass is 16.2. The fourth-order valence-corrected chi connectivity index (χ4v) is 4.98. The van der Waals surface area contributed by atoms with Crippen LogP contribution < -0.4 is 0 Å². The molecule has 0 radical (unpaired) electrons. The third-order valence-corrected chi connectivity index (χ3v) is 6.40. The standard InChI is InChI=1S/C24H24N2O2/c1-16(27)25-13-17-10-11-20(15-25)26(14-17)24(28)23-21-8-4-2-6-18(21)12-19-7-3-5-9-22(19)23/h2-9,12,17,20H,10-11,13-15H2,1H3/t17-,20+/m1/s1. The lowest BCUT2D eigenvalue weighted by atomic mass is 9.91. The number of carbonyl (C=O) groups is 2. The van der Waals surface area contributed by atoms with E-state index in [4.69, 9.17) is 0 Å². The molecular formula is C24H24N2O2. The number of amides is 2. The molecule has 2 atom stereocenters. The largest absolute Gasteiger partial charge is 0.341 e. The average molecular weight is 372 g/mol. The van der Waals surface area contributed by atoms with E-state index in [0.717, 1.165) is 53.0 Å². The van der Waals surface area contributed by atoms with E-state index in [1.54, 1.807) is 6.92 Å². The van der Waals surface area contributed by atoms with Crippen molar-refractivity contribution in [3.63, 3.8) is 0 Å². The van der Waals surface area contributed by atoms with Crippen LogP contribution in [-0.4, -0.2) is 47.3 Å². The molecule has 3 fully saturated rings. The molecule has 6 rings (SSSR count). The van der Waals surface area contributed by atoms with E-state index in [1.165, 1.54) is 0 Å². The Kier molecular flexibility index (Phi) is 4.08. The number of piperidine rings is 1. The lowest BCUT2D eigenvalue weighted by Crippen LogP contribution is -2.47. The predicted octanol–water partition coefficient (Wildman–Crippen LogP) is 4.08. The van der Waals surface area contributed by atoms with E-state index < -0.39 is 0 Å². The van der Waals surface area contributed by atoms with E-state index in [9.17, 15) is 9.59 Å². The summed E-state index contributed by atoms with van der Waals surface area (Å²) in [5.41, 5.74) is 0.802. The maximum atomic E-state index is 13.9. The van der Waals surface area contributed by atoms with Crippen LogP contribution in [0.25, 0.3) is 21.5 Å². The second-order valence-corrected chi connectivity index (χ2v) is 8.17. The average Bonchev–Trinajstić information content (AvgIpc) is 3.04. The summed E-state index contributed by atoms with van der Waals surface area (Å²) >= 11 is 0. The molecule has 142 valence electrons. The third-order valence-electron chi connectivity index (χ3n) is 6.40. The Morgan fingerprint density at radius 2 is 1.50 bits per heavy atom. The van der Waals surface area contributed by atoms with Gasteiger partial charge in [-0.3, -0.25) is 9.59 Å². The number of fused-ring (bicyclic) bond motifs is 6. The van der Waals surface area contributed by atoms with Crippen LogP contribution in [0.3, 0.4) is 0 Å². The molecule has 3 aromatic rings. The monoisotopic (exact) mass is 372 g/mol. The van der Waals surface area contributed by atoms with E-state index >= 15 is 0 Å². The Labute approximate surface area is 164 Å². The second kappa shape index (κ2) is 6.62. The van der Waals surface area contributed by atoms with Crippen molar-refractivity contribution in [1.82, 2.24) is 9.80 Å². The van der Waals surface area contributed by atoms with Crippen LogP contribution >= 0.6 is 0 Å². The van der Waals surface area contributed by atoms with Crippen LogP contribution in [0.5, 0.6) is 0 Å². The summed E-state index contributed by atoms with van der Waals surface area (Å²) in [7, 11) is 0. The van der Waals surface area contributed by atoms with Crippen molar-refractivity contribution in [2.75, 3.05) is 19.6 Å². The van der Waals surface area contributed by atoms with Gasteiger partial charge in [0.25, 0.3) is 5.91 Å². The molecule has 3 aliphatic rings. The quantitative estimate of drug-likeness (QED) is 0.604. The molecule has 0 saturated carbocycles. The molecule has 0 aromatic heterocycles. The smallest absolute Gasteiger partial charge is 0.255 e. The van der Waals surface area contributed by atoms with E-state index in [1.807, 2.05) is 46.2 Å². The van der Waals surface area contributed by atoms with Gasteiger partial charge in [0, 0.05) is 32.6 Å². The molecular weight excluding hydrogens is 348 g/mol. The molecule has 3 aliphatic heterocycles. The van der Waals surface area contributed by atoms with Crippen LogP contribution in [-0.2, 0) is 4.79 Å². The highest BCUT2D eigenvalue weighted by molar-refractivity contribution is 6.18. The van der Waals surface area contributed by atoms with Gasteiger partial charge in [0.2, 0.25) is 5.91 Å². The lowest BCUT2D eigenvalue weighted by molar-refractivity contribution is -0.129. The van der Waals surface area contributed by atoms with Gasteiger partial charge in [-0.15, -0.1) is 0 Å². The first-order valence-corrected chi connectivity index (χ1v) is 10.1. The Morgan fingerprint density at radius 3 is 2.14 bits per heavy atom. The minimum absolute atomic E-state index is 0.105. The molecule has 3 aromatic carbocycles. The van der Waals surface area contributed by atoms with Crippen LogP contribution in [0.15, 0.2) is 54.6 Å². The molecule has 4 nitrogen and oxygen atoms in total. The normalized spacial score (nSPS) is 21.9. The van der Waals surface area contributed by atoms with Crippen LogP contribution in [0.4, 0.5) is 0 Å². The number of carbonyl (C=O) groups excluding carboxylic acids is 2. The Balaban J connectivity index is 1.64. The summed E-state index contributed by atoms with van der Waals surface area (Å²) in [6.45, 7) is 3.80. The van der Waals surface area contributed by atoms with Crippen LogP contribution in [0, 0.1) is 5.92 Å². The predicted molar refractivity (Wildman–Crippen MR) is 111 cm³/mol. The second-order valence-electron chi connectivity index (χ2n) is 8.17. The zero-order valence-corrected chi connectivity index (χ0v) is 16.1. The van der Waals surface area contributed by atoms with Gasteiger partial charge >= 0.3 is 0 Å². The van der Waals surface area contributed by atoms with Gasteiger partial charge < -0.3 is 9.80 Å². The molecule has 0 aliphatic carbocycles. The summed E-state index contributed by atoms with van der Waals surface area (Å²) in [5.74, 6) is 0.586.